The van der Waals surface area contributed by atoms with Gasteiger partial charge < -0.3 is 16.4 Å². The van der Waals surface area contributed by atoms with Crippen LogP contribution in [0.5, 0.6) is 0 Å². The Morgan fingerprint density at radius 3 is 2.86 bits per heavy atom. The number of amides is 1. The Kier molecular flexibility index (Phi) is 5.76. The molecule has 4 N–H and O–H groups in total. The van der Waals surface area contributed by atoms with Crippen LogP contribution in [0, 0.1) is 5.92 Å². The van der Waals surface area contributed by atoms with Crippen LogP contribution < -0.4 is 16.4 Å². The molecule has 1 fully saturated rings. The second kappa shape index (κ2) is 7.57. The van der Waals surface area contributed by atoms with Gasteiger partial charge in [0.15, 0.2) is 0 Å². The number of nitrogens with two attached hydrogens (primary N) is 1. The second-order valence-electron chi connectivity index (χ2n) is 6.08. The van der Waals surface area contributed by atoms with Crippen molar-refractivity contribution < 1.29 is 4.79 Å². The fourth-order valence-electron chi connectivity index (χ4n) is 3.22. The normalized spacial score (nSPS) is 23.6. The Bertz CT molecular complexity index is 475. The van der Waals surface area contributed by atoms with Gasteiger partial charge in [-0.15, -0.1) is 0 Å². The fourth-order valence-corrected chi connectivity index (χ4v) is 3.22. The molecule has 0 bridgehead atoms. The summed E-state index contributed by atoms with van der Waals surface area (Å²) in [6.07, 6.45) is 5.02. The highest BCUT2D eigenvalue weighted by Gasteiger charge is 2.25. The summed E-state index contributed by atoms with van der Waals surface area (Å²) in [5, 5.41) is 6.56. The first-order valence-corrected chi connectivity index (χ1v) is 7.94. The van der Waals surface area contributed by atoms with Crippen LogP contribution in [0.4, 0.5) is 5.69 Å². The summed E-state index contributed by atoms with van der Waals surface area (Å²) in [4.78, 5) is 11.2. The van der Waals surface area contributed by atoms with Crippen molar-refractivity contribution in [2.45, 2.75) is 51.6 Å². The van der Waals surface area contributed by atoms with Crippen molar-refractivity contribution in [1.82, 2.24) is 5.32 Å². The third-order valence-corrected chi connectivity index (χ3v) is 4.38. The maximum atomic E-state index is 11.2. The molecular weight excluding hydrogens is 262 g/mol. The van der Waals surface area contributed by atoms with Crippen molar-refractivity contribution >= 4 is 11.6 Å². The quantitative estimate of drug-likeness (QED) is 0.781. The van der Waals surface area contributed by atoms with Gasteiger partial charge in [0.2, 0.25) is 5.91 Å². The highest BCUT2D eigenvalue weighted by Crippen LogP contribution is 2.26. The Morgan fingerprint density at radius 2 is 2.14 bits per heavy atom. The lowest BCUT2D eigenvalue weighted by molar-refractivity contribution is -0.114. The number of anilines is 1. The third-order valence-electron chi connectivity index (χ3n) is 4.38. The molecule has 4 nitrogen and oxygen atoms in total. The standard InChI is InChI=1S/C17H27N3O/c1-12(19-17-9-4-3-6-15(17)11-18)14-7-5-8-16(10-14)20-13(2)21/h5,7-8,10,12,15,17,19H,3-4,6,9,11,18H2,1-2H3,(H,20,21). The Balaban J connectivity index is 2.01. The van der Waals surface area contributed by atoms with Gasteiger partial charge in [-0.05, 0) is 49.9 Å². The van der Waals surface area contributed by atoms with Crippen LogP contribution in [0.1, 0.15) is 51.1 Å². The molecule has 21 heavy (non-hydrogen) atoms. The fraction of sp³-hybridized carbons (Fsp3) is 0.588. The molecular formula is C17H27N3O. The average molecular weight is 289 g/mol. The van der Waals surface area contributed by atoms with E-state index >= 15 is 0 Å². The Hall–Kier alpha value is -1.39. The summed E-state index contributed by atoms with van der Waals surface area (Å²) in [5.41, 5.74) is 7.95. The molecule has 1 aliphatic rings. The largest absolute Gasteiger partial charge is 0.330 e. The lowest BCUT2D eigenvalue weighted by Gasteiger charge is -2.34. The van der Waals surface area contributed by atoms with Gasteiger partial charge in [-0.3, -0.25) is 4.79 Å². The smallest absolute Gasteiger partial charge is 0.221 e. The maximum absolute atomic E-state index is 11.2. The molecule has 0 aromatic heterocycles. The maximum Gasteiger partial charge on any atom is 0.221 e. The van der Waals surface area contributed by atoms with Crippen LogP contribution in [-0.4, -0.2) is 18.5 Å². The molecule has 2 rings (SSSR count). The minimum absolute atomic E-state index is 0.0387. The number of carbonyl (C=O) groups excluding carboxylic acids is 1. The second-order valence-corrected chi connectivity index (χ2v) is 6.08. The minimum Gasteiger partial charge on any atom is -0.330 e. The molecule has 3 unspecified atom stereocenters. The Labute approximate surface area is 127 Å². The first-order valence-electron chi connectivity index (χ1n) is 7.94. The van der Waals surface area contributed by atoms with E-state index in [4.69, 9.17) is 5.73 Å². The predicted molar refractivity (Wildman–Crippen MR) is 87.1 cm³/mol. The van der Waals surface area contributed by atoms with Gasteiger partial charge in [-0.25, -0.2) is 0 Å². The highest BCUT2D eigenvalue weighted by atomic mass is 16.1. The van der Waals surface area contributed by atoms with E-state index in [1.165, 1.54) is 38.2 Å². The zero-order valence-corrected chi connectivity index (χ0v) is 13.1. The van der Waals surface area contributed by atoms with Crippen molar-refractivity contribution in [2.24, 2.45) is 11.7 Å². The summed E-state index contributed by atoms with van der Waals surface area (Å²) >= 11 is 0. The van der Waals surface area contributed by atoms with Crippen LogP contribution >= 0.6 is 0 Å². The van der Waals surface area contributed by atoms with E-state index < -0.39 is 0 Å². The van der Waals surface area contributed by atoms with Gasteiger partial charge in [-0.2, -0.15) is 0 Å². The molecule has 4 heteroatoms. The van der Waals surface area contributed by atoms with Crippen molar-refractivity contribution in [3.63, 3.8) is 0 Å². The van der Waals surface area contributed by atoms with Crippen LogP contribution in [0.2, 0.25) is 0 Å². The lowest BCUT2D eigenvalue weighted by Crippen LogP contribution is -2.42. The van der Waals surface area contributed by atoms with E-state index in [-0.39, 0.29) is 11.9 Å². The zero-order chi connectivity index (χ0) is 15.2. The molecule has 3 atom stereocenters. The van der Waals surface area contributed by atoms with Crippen molar-refractivity contribution in [2.75, 3.05) is 11.9 Å². The number of nitrogens with one attached hydrogen (secondary N) is 2. The highest BCUT2D eigenvalue weighted by molar-refractivity contribution is 5.88. The molecule has 1 aromatic carbocycles. The van der Waals surface area contributed by atoms with E-state index in [9.17, 15) is 4.79 Å². The van der Waals surface area contributed by atoms with Crippen LogP contribution in [0.15, 0.2) is 24.3 Å². The zero-order valence-electron chi connectivity index (χ0n) is 13.1. The molecule has 0 saturated heterocycles. The molecule has 1 amide bonds. The summed E-state index contributed by atoms with van der Waals surface area (Å²) in [6.45, 7) is 4.47. The van der Waals surface area contributed by atoms with Crippen LogP contribution in [0.3, 0.4) is 0 Å². The Morgan fingerprint density at radius 1 is 1.38 bits per heavy atom. The first-order chi connectivity index (χ1) is 10.1. The van der Waals surface area contributed by atoms with Gasteiger partial charge in [0.1, 0.15) is 0 Å². The number of hydrogen-bond acceptors (Lipinski definition) is 3. The number of benzene rings is 1. The van der Waals surface area contributed by atoms with E-state index in [1.807, 2.05) is 18.2 Å². The molecule has 116 valence electrons. The van der Waals surface area contributed by atoms with Gasteiger partial charge in [0.05, 0.1) is 0 Å². The van der Waals surface area contributed by atoms with Gasteiger partial charge >= 0.3 is 0 Å². The van der Waals surface area contributed by atoms with Gasteiger partial charge in [0.25, 0.3) is 0 Å². The number of carbonyl (C=O) groups is 1. The minimum atomic E-state index is -0.0387. The van der Waals surface area contributed by atoms with Gasteiger partial charge in [0, 0.05) is 24.7 Å². The van der Waals surface area contributed by atoms with Crippen molar-refractivity contribution in [3.8, 4) is 0 Å². The summed E-state index contributed by atoms with van der Waals surface area (Å²) in [6, 6.07) is 8.81. The third kappa shape index (κ3) is 4.55. The van der Waals surface area contributed by atoms with Crippen LogP contribution in [-0.2, 0) is 4.79 Å². The van der Waals surface area contributed by atoms with Gasteiger partial charge in [-0.1, -0.05) is 25.0 Å². The first kappa shape index (κ1) is 16.0. The van der Waals surface area contributed by atoms with Crippen LogP contribution in [0.25, 0.3) is 0 Å². The molecule has 0 spiro atoms. The number of rotatable bonds is 5. The molecule has 1 aliphatic carbocycles. The van der Waals surface area contributed by atoms with Crippen molar-refractivity contribution in [3.05, 3.63) is 29.8 Å². The molecule has 0 radical (unpaired) electrons. The average Bonchev–Trinajstić information content (AvgIpc) is 2.47. The molecule has 0 heterocycles. The monoisotopic (exact) mass is 289 g/mol. The topological polar surface area (TPSA) is 67.2 Å². The summed E-state index contributed by atoms with van der Waals surface area (Å²) in [5.74, 6) is 0.544. The van der Waals surface area contributed by atoms with Crippen molar-refractivity contribution in [1.29, 1.82) is 0 Å². The molecule has 1 aromatic rings. The van der Waals surface area contributed by atoms with E-state index in [0.717, 1.165) is 12.2 Å². The van der Waals surface area contributed by atoms with E-state index in [1.54, 1.807) is 0 Å². The van der Waals surface area contributed by atoms with E-state index in [2.05, 4.69) is 23.6 Å². The lowest BCUT2D eigenvalue weighted by atomic mass is 9.84. The SMILES string of the molecule is CC(=O)Nc1cccc(C(C)NC2CCCCC2CN)c1. The number of hydrogen-bond donors (Lipinski definition) is 3. The summed E-state index contributed by atoms with van der Waals surface area (Å²) in [7, 11) is 0. The molecule has 0 aliphatic heterocycles. The summed E-state index contributed by atoms with van der Waals surface area (Å²) < 4.78 is 0. The van der Waals surface area contributed by atoms with E-state index in [0.29, 0.717) is 12.0 Å². The predicted octanol–water partition coefficient (Wildman–Crippen LogP) is 2.81. The molecule has 1 saturated carbocycles.